The zero-order valence-electron chi connectivity index (χ0n) is 14.9. The van der Waals surface area contributed by atoms with Crippen LogP contribution in [0.3, 0.4) is 0 Å². The van der Waals surface area contributed by atoms with Crippen molar-refractivity contribution in [2.24, 2.45) is 21.7 Å². The minimum absolute atomic E-state index is 0.102. The van der Waals surface area contributed by atoms with Crippen LogP contribution in [0.4, 0.5) is 0 Å². The van der Waals surface area contributed by atoms with Gasteiger partial charge in [0.15, 0.2) is 0 Å². The van der Waals surface area contributed by atoms with Gasteiger partial charge in [-0.05, 0) is 43.9 Å². The summed E-state index contributed by atoms with van der Waals surface area (Å²) in [5.41, 5.74) is 7.06. The summed E-state index contributed by atoms with van der Waals surface area (Å²) in [6.07, 6.45) is 8.19. The summed E-state index contributed by atoms with van der Waals surface area (Å²) < 4.78 is 1.82. The number of thiazole rings is 1. The fourth-order valence-corrected chi connectivity index (χ4v) is 4.09. The molecule has 3 N–H and O–H groups in total. The molecule has 0 atom stereocenters. The molecule has 26 heavy (non-hydrogen) atoms. The predicted molar refractivity (Wildman–Crippen MR) is 104 cm³/mol. The van der Waals surface area contributed by atoms with Crippen molar-refractivity contribution < 1.29 is 9.90 Å². The summed E-state index contributed by atoms with van der Waals surface area (Å²) >= 11 is 1.50. The minimum atomic E-state index is -0.657. The number of nitrogens with zero attached hydrogens (tertiary/aromatic N) is 3. The Balaban J connectivity index is 2.02. The zero-order valence-corrected chi connectivity index (χ0v) is 15.7. The van der Waals surface area contributed by atoms with E-state index in [-0.39, 0.29) is 11.3 Å². The van der Waals surface area contributed by atoms with Crippen molar-refractivity contribution in [3.05, 3.63) is 33.9 Å². The second-order valence-electron chi connectivity index (χ2n) is 6.45. The number of primary amides is 1. The Bertz CT molecular complexity index is 876. The fourth-order valence-electron chi connectivity index (χ4n) is 3.19. The third-order valence-electron chi connectivity index (χ3n) is 4.58. The number of hydrogen-bond acceptors (Lipinski definition) is 5. The number of aromatic nitrogens is 1. The molecule has 0 spiro atoms. The Morgan fingerprint density at radius 3 is 2.85 bits per heavy atom. The van der Waals surface area contributed by atoms with Gasteiger partial charge in [0, 0.05) is 23.7 Å². The van der Waals surface area contributed by atoms with Gasteiger partial charge in [-0.2, -0.15) is 5.10 Å². The highest BCUT2D eigenvalue weighted by atomic mass is 32.1. The molecule has 1 heterocycles. The van der Waals surface area contributed by atoms with Crippen LogP contribution in [0.15, 0.2) is 33.7 Å². The van der Waals surface area contributed by atoms with Crippen molar-refractivity contribution in [3.8, 4) is 17.0 Å². The summed E-state index contributed by atoms with van der Waals surface area (Å²) in [6.45, 7) is 2.65. The van der Waals surface area contributed by atoms with Crippen molar-refractivity contribution in [2.45, 2.75) is 39.0 Å². The third-order valence-corrected chi connectivity index (χ3v) is 5.43. The smallest absolute Gasteiger partial charge is 0.252 e. The zero-order chi connectivity index (χ0) is 18.5. The maximum atomic E-state index is 11.5. The number of hydrogen-bond donors (Lipinski definition) is 2. The highest BCUT2D eigenvalue weighted by Crippen LogP contribution is 2.27. The lowest BCUT2D eigenvalue weighted by molar-refractivity contribution is 0.0998. The van der Waals surface area contributed by atoms with Crippen LogP contribution in [-0.4, -0.2) is 28.4 Å². The monoisotopic (exact) mass is 372 g/mol. The van der Waals surface area contributed by atoms with E-state index in [1.165, 1.54) is 49.5 Å². The Hall–Kier alpha value is -2.41. The van der Waals surface area contributed by atoms with E-state index in [9.17, 15) is 9.90 Å². The Kier molecular flexibility index (Phi) is 5.88. The van der Waals surface area contributed by atoms with Crippen LogP contribution in [0, 0.1) is 5.92 Å². The molecule has 7 heteroatoms. The van der Waals surface area contributed by atoms with E-state index >= 15 is 0 Å². The van der Waals surface area contributed by atoms with E-state index in [0.717, 1.165) is 16.1 Å². The summed E-state index contributed by atoms with van der Waals surface area (Å²) in [4.78, 5) is 16.9. The SMILES string of the molecule is CCN=c1scc(-c2ccc(O)c(C(N)=O)c2)n1/N=C\C1CCCCC1. The molecule has 0 unspecified atom stereocenters. The van der Waals surface area contributed by atoms with E-state index in [1.54, 1.807) is 12.1 Å². The largest absolute Gasteiger partial charge is 0.507 e. The van der Waals surface area contributed by atoms with Gasteiger partial charge in [0.1, 0.15) is 5.75 Å². The molecule has 1 aliphatic carbocycles. The van der Waals surface area contributed by atoms with Crippen LogP contribution in [0.1, 0.15) is 49.4 Å². The van der Waals surface area contributed by atoms with Crippen molar-refractivity contribution in [2.75, 3.05) is 6.54 Å². The molecule has 1 fully saturated rings. The second kappa shape index (κ2) is 8.31. The van der Waals surface area contributed by atoms with Crippen LogP contribution in [0.2, 0.25) is 0 Å². The maximum absolute atomic E-state index is 11.5. The predicted octanol–water partition coefficient (Wildman–Crippen LogP) is 3.36. The van der Waals surface area contributed by atoms with E-state index in [0.29, 0.717) is 12.5 Å². The average Bonchev–Trinajstić information content (AvgIpc) is 3.04. The number of phenols is 1. The van der Waals surface area contributed by atoms with Gasteiger partial charge in [-0.1, -0.05) is 19.3 Å². The Labute approximate surface area is 156 Å². The molecule has 1 saturated carbocycles. The summed E-state index contributed by atoms with van der Waals surface area (Å²) in [7, 11) is 0. The van der Waals surface area contributed by atoms with Gasteiger partial charge < -0.3 is 10.8 Å². The summed E-state index contributed by atoms with van der Waals surface area (Å²) in [5, 5.41) is 16.5. The summed E-state index contributed by atoms with van der Waals surface area (Å²) in [6, 6.07) is 4.84. The topological polar surface area (TPSA) is 93.0 Å². The van der Waals surface area contributed by atoms with Gasteiger partial charge in [-0.3, -0.25) is 9.79 Å². The van der Waals surface area contributed by atoms with Crippen LogP contribution < -0.4 is 10.5 Å². The lowest BCUT2D eigenvalue weighted by atomic mass is 9.90. The van der Waals surface area contributed by atoms with Crippen molar-refractivity contribution >= 4 is 23.5 Å². The van der Waals surface area contributed by atoms with Gasteiger partial charge in [0.05, 0.1) is 11.3 Å². The fraction of sp³-hybridized carbons (Fsp3) is 0.421. The first-order valence-electron chi connectivity index (χ1n) is 8.99. The second-order valence-corrected chi connectivity index (χ2v) is 7.29. The molecule has 0 aliphatic heterocycles. The van der Waals surface area contributed by atoms with Gasteiger partial charge in [-0.25, -0.2) is 4.68 Å². The quantitative estimate of drug-likeness (QED) is 0.788. The first-order chi connectivity index (χ1) is 12.6. The standard InChI is InChI=1S/C19H24N4O2S/c1-2-21-19-23(22-11-13-6-4-3-5-7-13)16(12-26-19)14-8-9-17(24)15(10-14)18(20)25/h8-13,24H,2-7H2,1H3,(H2,20,25)/b21-19?,22-11-. The molecule has 0 bridgehead atoms. The van der Waals surface area contributed by atoms with Gasteiger partial charge in [0.25, 0.3) is 5.91 Å². The molecule has 1 aromatic carbocycles. The average molecular weight is 372 g/mol. The highest BCUT2D eigenvalue weighted by Gasteiger charge is 2.14. The molecule has 138 valence electrons. The highest BCUT2D eigenvalue weighted by molar-refractivity contribution is 7.07. The molecule has 3 rings (SSSR count). The normalized spacial score (nSPS) is 16.4. The summed E-state index contributed by atoms with van der Waals surface area (Å²) in [5.74, 6) is -0.276. The number of rotatable bonds is 5. The van der Waals surface area contributed by atoms with Crippen LogP contribution in [0.5, 0.6) is 5.75 Å². The van der Waals surface area contributed by atoms with Gasteiger partial charge in [0.2, 0.25) is 4.80 Å². The van der Waals surface area contributed by atoms with Crippen molar-refractivity contribution in [1.29, 1.82) is 0 Å². The Morgan fingerprint density at radius 1 is 1.38 bits per heavy atom. The lowest BCUT2D eigenvalue weighted by Crippen LogP contribution is -2.15. The van der Waals surface area contributed by atoms with E-state index < -0.39 is 5.91 Å². The number of amides is 1. The molecule has 0 saturated heterocycles. The third kappa shape index (κ3) is 4.04. The molecule has 0 radical (unpaired) electrons. The van der Waals surface area contributed by atoms with Crippen LogP contribution in [-0.2, 0) is 0 Å². The van der Waals surface area contributed by atoms with Crippen LogP contribution in [0.25, 0.3) is 11.3 Å². The number of carbonyl (C=O) groups is 1. The molecule has 1 aliphatic rings. The molecular weight excluding hydrogens is 348 g/mol. The van der Waals surface area contributed by atoms with Gasteiger partial charge in [-0.15, -0.1) is 11.3 Å². The first kappa shape index (κ1) is 18.4. The lowest BCUT2D eigenvalue weighted by Gasteiger charge is -2.17. The van der Waals surface area contributed by atoms with E-state index in [2.05, 4.69) is 4.99 Å². The molecule has 1 amide bonds. The first-order valence-corrected chi connectivity index (χ1v) is 9.86. The number of benzene rings is 1. The molecule has 2 aromatic rings. The minimum Gasteiger partial charge on any atom is -0.507 e. The van der Waals surface area contributed by atoms with Crippen molar-refractivity contribution in [3.63, 3.8) is 0 Å². The van der Waals surface area contributed by atoms with E-state index in [1.807, 2.05) is 23.2 Å². The number of carbonyl (C=O) groups excluding carboxylic acids is 1. The Morgan fingerprint density at radius 2 is 2.15 bits per heavy atom. The number of nitrogens with two attached hydrogens (primary N) is 1. The van der Waals surface area contributed by atoms with Crippen LogP contribution >= 0.6 is 11.3 Å². The molecular formula is C19H24N4O2S. The van der Waals surface area contributed by atoms with Gasteiger partial charge >= 0.3 is 0 Å². The van der Waals surface area contributed by atoms with E-state index in [4.69, 9.17) is 10.8 Å². The maximum Gasteiger partial charge on any atom is 0.252 e. The number of aromatic hydroxyl groups is 1. The molecule has 6 nitrogen and oxygen atoms in total. The molecule has 1 aromatic heterocycles. The van der Waals surface area contributed by atoms with Crippen molar-refractivity contribution in [1.82, 2.24) is 4.68 Å².